The maximum Gasteiger partial charge on any atom is 0.319 e. The van der Waals surface area contributed by atoms with Crippen LogP contribution in [-0.4, -0.2) is 31.8 Å². The van der Waals surface area contributed by atoms with Crippen LogP contribution in [0, 0.1) is 17.2 Å². The minimum absolute atomic E-state index is 0.324. The fourth-order valence-corrected chi connectivity index (χ4v) is 3.32. The molecular formula is C17H18N2O4S. The van der Waals surface area contributed by atoms with Crippen LogP contribution in [0.5, 0.6) is 5.75 Å². The number of hydrogen-bond acceptors (Lipinski definition) is 6. The first-order chi connectivity index (χ1) is 11.6. The van der Waals surface area contributed by atoms with E-state index in [2.05, 4.69) is 11.4 Å². The molecule has 24 heavy (non-hydrogen) atoms. The zero-order valence-corrected chi connectivity index (χ0v) is 14.5. The van der Waals surface area contributed by atoms with Crippen LogP contribution >= 0.6 is 11.8 Å². The van der Waals surface area contributed by atoms with Gasteiger partial charge in [-0.15, -0.1) is 11.8 Å². The molecule has 1 amide bonds. The minimum atomic E-state index is -1.14. The molecule has 0 aliphatic carbocycles. The number of nitriles is 1. The van der Waals surface area contributed by atoms with Crippen molar-refractivity contribution in [3.8, 4) is 11.8 Å². The molecule has 1 aliphatic heterocycles. The van der Waals surface area contributed by atoms with Crippen LogP contribution in [-0.2, 0) is 14.3 Å². The van der Waals surface area contributed by atoms with Crippen LogP contribution in [0.3, 0.4) is 0 Å². The molecule has 6 nitrogen and oxygen atoms in total. The largest absolute Gasteiger partial charge is 0.494 e. The molecule has 0 bridgehead atoms. The first-order valence-corrected chi connectivity index (χ1v) is 8.60. The number of para-hydroxylation sites is 1. The quantitative estimate of drug-likeness (QED) is 0.649. The summed E-state index contributed by atoms with van der Waals surface area (Å²) in [6.45, 7) is 2.27. The number of carbonyl (C=O) groups excluding carboxylic acids is 2. The maximum atomic E-state index is 12.5. The maximum absolute atomic E-state index is 12.5. The molecule has 1 aliphatic rings. The molecule has 2 rings (SSSR count). The first kappa shape index (κ1) is 17.9. The summed E-state index contributed by atoms with van der Waals surface area (Å²) in [6.07, 6.45) is 1.76. The number of methoxy groups -OCH3 is 1. The third-order valence-electron chi connectivity index (χ3n) is 3.74. The number of esters is 1. The Morgan fingerprint density at radius 2 is 2.12 bits per heavy atom. The third-order valence-corrected chi connectivity index (χ3v) is 4.47. The fourth-order valence-electron chi connectivity index (χ4n) is 2.73. The van der Waals surface area contributed by atoms with E-state index < -0.39 is 23.7 Å². The summed E-state index contributed by atoms with van der Waals surface area (Å²) in [4.78, 5) is 24.7. The normalized spacial score (nSPS) is 20.2. The number of hydrogen-bond donors (Lipinski definition) is 1. The predicted octanol–water partition coefficient (Wildman–Crippen LogP) is 2.19. The van der Waals surface area contributed by atoms with Crippen LogP contribution in [0.25, 0.3) is 0 Å². The van der Waals surface area contributed by atoms with E-state index in [1.165, 1.54) is 18.9 Å². The van der Waals surface area contributed by atoms with Gasteiger partial charge in [-0.25, -0.2) is 0 Å². The van der Waals surface area contributed by atoms with Crippen LogP contribution in [0.1, 0.15) is 18.4 Å². The Morgan fingerprint density at radius 3 is 2.71 bits per heavy atom. The molecular weight excluding hydrogens is 328 g/mol. The van der Waals surface area contributed by atoms with Crippen molar-refractivity contribution < 1.29 is 19.1 Å². The lowest BCUT2D eigenvalue weighted by molar-refractivity contribution is -0.150. The van der Waals surface area contributed by atoms with Crippen molar-refractivity contribution in [2.75, 3.05) is 20.0 Å². The second-order valence-electron chi connectivity index (χ2n) is 5.00. The molecule has 0 aromatic heterocycles. The smallest absolute Gasteiger partial charge is 0.319 e. The van der Waals surface area contributed by atoms with E-state index in [-0.39, 0.29) is 0 Å². The van der Waals surface area contributed by atoms with E-state index in [4.69, 9.17) is 9.47 Å². The van der Waals surface area contributed by atoms with E-state index in [0.717, 1.165) is 0 Å². The van der Waals surface area contributed by atoms with E-state index in [9.17, 15) is 14.9 Å². The van der Waals surface area contributed by atoms with Crippen molar-refractivity contribution in [2.45, 2.75) is 12.8 Å². The van der Waals surface area contributed by atoms with Gasteiger partial charge in [0.2, 0.25) is 5.91 Å². The number of nitrogens with zero attached hydrogens (tertiary/aromatic N) is 1. The number of rotatable bonds is 5. The molecule has 0 fully saturated rings. The highest BCUT2D eigenvalue weighted by atomic mass is 32.2. The van der Waals surface area contributed by atoms with Gasteiger partial charge in [0, 0.05) is 11.5 Å². The zero-order valence-electron chi connectivity index (χ0n) is 13.7. The summed E-state index contributed by atoms with van der Waals surface area (Å²) >= 11 is 1.25. The zero-order chi connectivity index (χ0) is 17.7. The Kier molecular flexibility index (Phi) is 5.88. The standard InChI is InChI=1S/C17H18N2O4S/c1-4-23-12-8-6-5-7-10(12)13-11(9-18)16(24-3)19-15(20)14(13)17(21)22-2/h5-8,13-14H,4H2,1-3H3,(H,19,20)/t13-,14-/m1/s1. The topological polar surface area (TPSA) is 88.4 Å². The van der Waals surface area contributed by atoms with Crippen molar-refractivity contribution in [1.82, 2.24) is 5.32 Å². The highest BCUT2D eigenvalue weighted by Gasteiger charge is 2.45. The van der Waals surface area contributed by atoms with Gasteiger partial charge in [0.25, 0.3) is 0 Å². The summed E-state index contributed by atoms with van der Waals surface area (Å²) in [5.41, 5.74) is 0.942. The molecule has 0 spiro atoms. The fraction of sp³-hybridized carbons (Fsp3) is 0.353. The lowest BCUT2D eigenvalue weighted by Gasteiger charge is -2.31. The Balaban J connectivity index is 2.69. The van der Waals surface area contributed by atoms with Crippen molar-refractivity contribution in [3.05, 3.63) is 40.4 Å². The SMILES string of the molecule is CCOc1ccccc1[C@@H]1C(C#N)=C(SC)NC(=O)[C@@H]1C(=O)OC. The van der Waals surface area contributed by atoms with Crippen LogP contribution in [0.2, 0.25) is 0 Å². The van der Waals surface area contributed by atoms with Gasteiger partial charge in [-0.1, -0.05) is 18.2 Å². The molecule has 1 aromatic rings. The summed E-state index contributed by atoms with van der Waals surface area (Å²) in [6, 6.07) is 9.24. The van der Waals surface area contributed by atoms with Gasteiger partial charge >= 0.3 is 5.97 Å². The second kappa shape index (κ2) is 7.88. The lowest BCUT2D eigenvalue weighted by atomic mass is 9.78. The highest BCUT2D eigenvalue weighted by molar-refractivity contribution is 8.02. The van der Waals surface area contributed by atoms with Crippen molar-refractivity contribution >= 4 is 23.6 Å². The van der Waals surface area contributed by atoms with Crippen LogP contribution in [0.4, 0.5) is 0 Å². The van der Waals surface area contributed by atoms with Crippen molar-refractivity contribution in [1.29, 1.82) is 5.26 Å². The molecule has 1 heterocycles. The summed E-state index contributed by atoms with van der Waals surface area (Å²) in [5, 5.41) is 12.7. The number of benzene rings is 1. The van der Waals surface area contributed by atoms with E-state index in [1.54, 1.807) is 30.5 Å². The molecule has 7 heteroatoms. The molecule has 0 saturated heterocycles. The van der Waals surface area contributed by atoms with Gasteiger partial charge in [-0.05, 0) is 19.2 Å². The third kappa shape index (κ3) is 3.24. The number of nitrogens with one attached hydrogen (secondary N) is 1. The van der Waals surface area contributed by atoms with Gasteiger partial charge < -0.3 is 14.8 Å². The van der Waals surface area contributed by atoms with Crippen LogP contribution in [0.15, 0.2) is 34.9 Å². The molecule has 0 radical (unpaired) electrons. The average Bonchev–Trinajstić information content (AvgIpc) is 2.60. The number of ether oxygens (including phenoxy) is 2. The monoisotopic (exact) mass is 346 g/mol. The Hall–Kier alpha value is -2.46. The average molecular weight is 346 g/mol. The molecule has 0 saturated carbocycles. The minimum Gasteiger partial charge on any atom is -0.494 e. The highest BCUT2D eigenvalue weighted by Crippen LogP contribution is 2.42. The molecule has 0 unspecified atom stereocenters. The van der Waals surface area contributed by atoms with Crippen LogP contribution < -0.4 is 10.1 Å². The summed E-state index contributed by atoms with van der Waals surface area (Å²) < 4.78 is 10.4. The molecule has 126 valence electrons. The van der Waals surface area contributed by atoms with Gasteiger partial charge in [0.15, 0.2) is 0 Å². The van der Waals surface area contributed by atoms with Crippen molar-refractivity contribution in [3.63, 3.8) is 0 Å². The summed E-state index contributed by atoms with van der Waals surface area (Å²) in [7, 11) is 1.22. The predicted molar refractivity (Wildman–Crippen MR) is 90.2 cm³/mol. The van der Waals surface area contributed by atoms with E-state index in [1.807, 2.05) is 6.92 Å². The van der Waals surface area contributed by atoms with Gasteiger partial charge in [0.05, 0.1) is 30.4 Å². The molecule has 1 N–H and O–H groups in total. The molecule has 1 aromatic carbocycles. The van der Waals surface area contributed by atoms with Gasteiger partial charge in [-0.2, -0.15) is 5.26 Å². The van der Waals surface area contributed by atoms with Gasteiger partial charge in [-0.3, -0.25) is 9.59 Å². The number of thioether (sulfide) groups is 1. The Labute approximate surface area is 144 Å². The Morgan fingerprint density at radius 1 is 1.42 bits per heavy atom. The first-order valence-electron chi connectivity index (χ1n) is 7.37. The van der Waals surface area contributed by atoms with Gasteiger partial charge in [0.1, 0.15) is 11.7 Å². The van der Waals surface area contributed by atoms with E-state index in [0.29, 0.717) is 28.5 Å². The lowest BCUT2D eigenvalue weighted by Crippen LogP contribution is -2.44. The Bertz CT molecular complexity index is 724. The summed E-state index contributed by atoms with van der Waals surface area (Å²) in [5.74, 6) is -2.51. The van der Waals surface area contributed by atoms with E-state index >= 15 is 0 Å². The number of amides is 1. The number of allylic oxidation sites excluding steroid dienone is 1. The number of carbonyl (C=O) groups is 2. The van der Waals surface area contributed by atoms with Crippen molar-refractivity contribution in [2.24, 2.45) is 5.92 Å². The second-order valence-corrected chi connectivity index (χ2v) is 5.81. The molecule has 2 atom stereocenters.